The summed E-state index contributed by atoms with van der Waals surface area (Å²) in [6.45, 7) is 5.21. The summed E-state index contributed by atoms with van der Waals surface area (Å²) in [5.74, 6) is -0.446. The quantitative estimate of drug-likeness (QED) is 0.462. The predicted octanol–water partition coefficient (Wildman–Crippen LogP) is 3.62. The third-order valence-corrected chi connectivity index (χ3v) is 6.94. The Balaban J connectivity index is 2.41. The van der Waals surface area contributed by atoms with Crippen molar-refractivity contribution in [3.63, 3.8) is 0 Å². The molecule has 1 radical (unpaired) electrons. The zero-order chi connectivity index (χ0) is 17.1. The molecule has 1 heterocycles. The van der Waals surface area contributed by atoms with E-state index in [1.165, 1.54) is 6.92 Å². The minimum absolute atomic E-state index is 0.154. The molecule has 1 aliphatic rings. The maximum atomic E-state index is 13.2. The van der Waals surface area contributed by atoms with Gasteiger partial charge in [0.1, 0.15) is 0 Å². The van der Waals surface area contributed by atoms with Crippen LogP contribution in [0.4, 0.5) is 0 Å². The number of rotatable bonds is 7. The lowest BCUT2D eigenvalue weighted by atomic mass is 9.95. The van der Waals surface area contributed by atoms with Gasteiger partial charge in [-0.2, -0.15) is 0 Å². The fourth-order valence-electron chi connectivity index (χ4n) is 3.03. The Bertz CT molecular complexity index is 546. The van der Waals surface area contributed by atoms with E-state index >= 15 is 0 Å². The van der Waals surface area contributed by atoms with E-state index in [-0.39, 0.29) is 19.6 Å². The second-order valence-corrected chi connectivity index (χ2v) is 8.07. The summed E-state index contributed by atoms with van der Waals surface area (Å²) in [6, 6.07) is 9.19. The third-order valence-electron chi connectivity index (χ3n) is 4.18. The van der Waals surface area contributed by atoms with E-state index in [1.807, 2.05) is 30.3 Å². The fourth-order valence-corrected chi connectivity index (χ4v) is 5.12. The Hall–Kier alpha value is -0.790. The molecule has 129 valence electrons. The number of nitrogens with zero attached hydrogens (tertiary/aromatic N) is 1. The van der Waals surface area contributed by atoms with Crippen LogP contribution in [0.25, 0.3) is 0 Å². The number of benzene rings is 1. The fraction of sp³-hybridized carbons (Fsp3) is 0.600. The number of hydrogen-bond donors (Lipinski definition) is 1. The van der Waals surface area contributed by atoms with Gasteiger partial charge in [-0.05, 0) is 32.8 Å². The summed E-state index contributed by atoms with van der Waals surface area (Å²) in [4.78, 5) is 4.42. The molecule has 0 aliphatic carbocycles. The molecule has 1 fully saturated rings. The lowest BCUT2D eigenvalue weighted by Crippen LogP contribution is -2.43. The van der Waals surface area contributed by atoms with Gasteiger partial charge in [0.15, 0.2) is 11.5 Å². The van der Waals surface area contributed by atoms with Gasteiger partial charge in [-0.3, -0.25) is 9.82 Å². The van der Waals surface area contributed by atoms with Crippen LogP contribution < -0.4 is 0 Å². The molecule has 3 atom stereocenters. The highest BCUT2D eigenvalue weighted by atomic mass is 31.2. The smallest absolute Gasteiger partial charge is 0.308 e. The van der Waals surface area contributed by atoms with E-state index in [1.54, 1.807) is 13.8 Å². The van der Waals surface area contributed by atoms with Gasteiger partial charge < -0.3 is 9.05 Å². The molecule has 23 heavy (non-hydrogen) atoms. The van der Waals surface area contributed by atoms with E-state index in [2.05, 4.69) is 4.89 Å². The van der Waals surface area contributed by atoms with Crippen molar-refractivity contribution in [2.75, 3.05) is 13.2 Å². The molecule has 0 unspecified atom stereocenters. The Morgan fingerprint density at radius 3 is 2.30 bits per heavy atom. The molecule has 1 N–H and O–H groups in total. The van der Waals surface area contributed by atoms with E-state index in [0.717, 1.165) is 5.56 Å². The van der Waals surface area contributed by atoms with Crippen molar-refractivity contribution in [3.8, 4) is 0 Å². The van der Waals surface area contributed by atoms with E-state index in [9.17, 15) is 15.0 Å². The standard InChI is InChI=1S/C15H23NO6P/c1-4-20-23(19,21-5-2)15(3)11-13(14(22-18)16(15)17)12-9-7-6-8-10-12/h6-10,13-14,18H,4-5,11H2,1-3H3/t13-,14-,15-/m1/s1. The van der Waals surface area contributed by atoms with Gasteiger partial charge >= 0.3 is 7.60 Å². The Morgan fingerprint density at radius 1 is 1.26 bits per heavy atom. The first-order valence-electron chi connectivity index (χ1n) is 7.64. The molecular formula is C15H23NO6P. The zero-order valence-electron chi connectivity index (χ0n) is 13.5. The molecule has 1 aromatic carbocycles. The molecule has 1 aliphatic heterocycles. The number of hydroxylamine groups is 2. The average Bonchev–Trinajstić information content (AvgIpc) is 2.81. The predicted molar refractivity (Wildman–Crippen MR) is 83.1 cm³/mol. The van der Waals surface area contributed by atoms with Gasteiger partial charge in [0.2, 0.25) is 0 Å². The van der Waals surface area contributed by atoms with Crippen LogP contribution in [0.1, 0.15) is 38.7 Å². The average molecular weight is 344 g/mol. The minimum atomic E-state index is -3.72. The molecule has 2 rings (SSSR count). The van der Waals surface area contributed by atoms with Crippen molar-refractivity contribution in [3.05, 3.63) is 35.9 Å². The van der Waals surface area contributed by atoms with Crippen molar-refractivity contribution >= 4 is 7.60 Å². The first-order valence-corrected chi connectivity index (χ1v) is 9.18. The van der Waals surface area contributed by atoms with Crippen LogP contribution in [-0.2, 0) is 23.7 Å². The van der Waals surface area contributed by atoms with E-state index in [0.29, 0.717) is 5.06 Å². The van der Waals surface area contributed by atoms with E-state index in [4.69, 9.17) is 9.05 Å². The van der Waals surface area contributed by atoms with Gasteiger partial charge in [-0.1, -0.05) is 30.3 Å². The van der Waals surface area contributed by atoms with Crippen molar-refractivity contribution in [2.45, 2.75) is 44.6 Å². The summed E-state index contributed by atoms with van der Waals surface area (Å²) < 4.78 is 23.9. The van der Waals surface area contributed by atoms with Gasteiger partial charge in [-0.15, -0.1) is 10.3 Å². The molecule has 0 amide bonds. The molecular weight excluding hydrogens is 321 g/mol. The highest BCUT2D eigenvalue weighted by Gasteiger charge is 2.62. The summed E-state index contributed by atoms with van der Waals surface area (Å²) in [5.41, 5.74) is 0.815. The second-order valence-electron chi connectivity index (χ2n) is 5.59. The Kier molecular flexibility index (Phi) is 5.97. The zero-order valence-corrected chi connectivity index (χ0v) is 14.4. The molecule has 7 nitrogen and oxygen atoms in total. The maximum absolute atomic E-state index is 13.2. The minimum Gasteiger partial charge on any atom is -0.308 e. The van der Waals surface area contributed by atoms with Crippen molar-refractivity contribution in [1.82, 2.24) is 5.06 Å². The summed E-state index contributed by atoms with van der Waals surface area (Å²) in [6.07, 6.45) is -0.986. The monoisotopic (exact) mass is 344 g/mol. The molecule has 1 aromatic rings. The largest absolute Gasteiger partial charge is 0.353 e. The van der Waals surface area contributed by atoms with Gasteiger partial charge in [-0.25, -0.2) is 4.89 Å². The molecule has 8 heteroatoms. The SMILES string of the molecule is CCOP(=O)(OCC)[C@]1(C)C[C@H](c2ccccc2)[C@@H](OO)N1[O]. The maximum Gasteiger partial charge on any atom is 0.353 e. The lowest BCUT2D eigenvalue weighted by molar-refractivity contribution is -0.375. The van der Waals surface area contributed by atoms with Crippen LogP contribution in [0, 0.1) is 0 Å². The van der Waals surface area contributed by atoms with Crippen molar-refractivity contribution < 1.29 is 29.0 Å². The lowest BCUT2D eigenvalue weighted by Gasteiger charge is -2.35. The van der Waals surface area contributed by atoms with Gasteiger partial charge in [0.05, 0.1) is 13.2 Å². The van der Waals surface area contributed by atoms with Crippen molar-refractivity contribution in [1.29, 1.82) is 0 Å². The third kappa shape index (κ3) is 3.23. The van der Waals surface area contributed by atoms with Crippen LogP contribution in [0.5, 0.6) is 0 Å². The molecule has 0 saturated carbocycles. The summed E-state index contributed by atoms with van der Waals surface area (Å²) >= 11 is 0. The molecule has 0 bridgehead atoms. The van der Waals surface area contributed by atoms with Crippen LogP contribution in [0.2, 0.25) is 0 Å². The van der Waals surface area contributed by atoms with Crippen LogP contribution in [0.15, 0.2) is 30.3 Å². The summed E-state index contributed by atoms with van der Waals surface area (Å²) in [7, 11) is -3.72. The molecule has 1 saturated heterocycles. The van der Waals surface area contributed by atoms with E-state index < -0.39 is 25.0 Å². The Labute approximate surface area is 136 Å². The first-order chi connectivity index (χ1) is 10.9. The topological polar surface area (TPSA) is 88.1 Å². The summed E-state index contributed by atoms with van der Waals surface area (Å²) in [5, 5.41) is 21.0. The van der Waals surface area contributed by atoms with Gasteiger partial charge in [0.25, 0.3) is 0 Å². The van der Waals surface area contributed by atoms with Crippen molar-refractivity contribution in [2.24, 2.45) is 0 Å². The highest BCUT2D eigenvalue weighted by Crippen LogP contribution is 2.67. The number of hydrogen-bond acceptors (Lipinski definition) is 6. The van der Waals surface area contributed by atoms with Gasteiger partial charge in [0, 0.05) is 5.92 Å². The molecule has 0 aromatic heterocycles. The van der Waals surface area contributed by atoms with Crippen LogP contribution in [-0.4, -0.2) is 35.0 Å². The first kappa shape index (κ1) is 18.5. The normalized spacial score (nSPS) is 29.1. The molecule has 0 spiro atoms. The second kappa shape index (κ2) is 7.40. The Morgan fingerprint density at radius 2 is 1.83 bits per heavy atom. The van der Waals surface area contributed by atoms with Crippen LogP contribution >= 0.6 is 7.60 Å². The highest BCUT2D eigenvalue weighted by molar-refractivity contribution is 7.55. The van der Waals surface area contributed by atoms with Crippen LogP contribution in [0.3, 0.4) is 0 Å².